The van der Waals surface area contributed by atoms with Crippen LogP contribution in [0.15, 0.2) is 47.9 Å². The maximum absolute atomic E-state index is 13.3. The van der Waals surface area contributed by atoms with Crippen molar-refractivity contribution in [3.63, 3.8) is 0 Å². The Balaban J connectivity index is 1.13. The topological polar surface area (TPSA) is 93.7 Å². The number of halogens is 1. The standard InChI is InChI=1S/C27H26FN5O2S/c1-33-9-6-18(7-10-33)26-31-14-21(36-26)19-12-20(25(29)30-13-19)35-15-17-4-2-3-16(11-17)5-8-27(32-34)22-23(27)24(22)28/h2-4,11-14,18,22-24H,6-7,9-10,15H2,1H3,(H2,29,30). The summed E-state index contributed by atoms with van der Waals surface area (Å²) in [5.41, 5.74) is 7.63. The summed E-state index contributed by atoms with van der Waals surface area (Å²) in [5, 5.41) is 4.26. The number of hydrogen-bond acceptors (Lipinski definition) is 8. The zero-order chi connectivity index (χ0) is 24.9. The molecular formula is C27H26FN5O2S. The van der Waals surface area contributed by atoms with E-state index in [0.717, 1.165) is 47.5 Å². The van der Waals surface area contributed by atoms with E-state index < -0.39 is 11.7 Å². The molecule has 3 heterocycles. The summed E-state index contributed by atoms with van der Waals surface area (Å²) in [6, 6.07) is 9.43. The smallest absolute Gasteiger partial charge is 0.175 e. The number of pyridine rings is 1. The number of hydrogen-bond donors (Lipinski definition) is 1. The summed E-state index contributed by atoms with van der Waals surface area (Å²) in [4.78, 5) is 23.6. The van der Waals surface area contributed by atoms with Gasteiger partial charge in [-0.1, -0.05) is 24.0 Å². The summed E-state index contributed by atoms with van der Waals surface area (Å²) in [6.07, 6.45) is 5.01. The Bertz CT molecular complexity index is 1360. The van der Waals surface area contributed by atoms with Crippen molar-refractivity contribution in [3.8, 4) is 28.0 Å². The van der Waals surface area contributed by atoms with Gasteiger partial charge in [0.15, 0.2) is 17.1 Å². The molecule has 0 radical (unpaired) electrons. The van der Waals surface area contributed by atoms with Crippen LogP contribution in [0.25, 0.3) is 10.4 Å². The molecule has 2 unspecified atom stereocenters. The maximum atomic E-state index is 13.3. The molecule has 3 aromatic rings. The quantitative estimate of drug-likeness (QED) is 0.389. The molecule has 2 saturated carbocycles. The highest BCUT2D eigenvalue weighted by Crippen LogP contribution is 2.74. The van der Waals surface area contributed by atoms with Crippen LogP contribution >= 0.6 is 11.3 Å². The van der Waals surface area contributed by atoms with Crippen LogP contribution in [0, 0.1) is 28.6 Å². The van der Waals surface area contributed by atoms with Crippen LogP contribution in [0.3, 0.4) is 0 Å². The van der Waals surface area contributed by atoms with Crippen molar-refractivity contribution in [2.24, 2.45) is 17.0 Å². The van der Waals surface area contributed by atoms with Crippen LogP contribution in [0.5, 0.6) is 5.75 Å². The fourth-order valence-electron chi connectivity index (χ4n) is 5.02. The fraction of sp³-hybridized carbons (Fsp3) is 0.407. The van der Waals surface area contributed by atoms with E-state index in [1.165, 1.54) is 5.01 Å². The first-order chi connectivity index (χ1) is 17.5. The second kappa shape index (κ2) is 8.95. The lowest BCUT2D eigenvalue weighted by atomic mass is 9.98. The largest absolute Gasteiger partial charge is 0.485 e. The zero-order valence-electron chi connectivity index (χ0n) is 19.9. The molecule has 6 rings (SSSR count). The molecule has 2 aromatic heterocycles. The third-order valence-corrected chi connectivity index (χ3v) is 8.69. The molecule has 0 bridgehead atoms. The van der Waals surface area contributed by atoms with Crippen molar-refractivity contribution in [1.29, 1.82) is 0 Å². The third-order valence-electron chi connectivity index (χ3n) is 7.48. The van der Waals surface area contributed by atoms with Crippen molar-refractivity contribution in [2.75, 3.05) is 25.9 Å². The van der Waals surface area contributed by atoms with Crippen molar-refractivity contribution < 1.29 is 9.13 Å². The van der Waals surface area contributed by atoms with Crippen LogP contribution in [0.1, 0.15) is 34.9 Å². The first-order valence-corrected chi connectivity index (χ1v) is 12.9. The predicted molar refractivity (Wildman–Crippen MR) is 137 cm³/mol. The van der Waals surface area contributed by atoms with Gasteiger partial charge in [-0.3, -0.25) is 0 Å². The maximum Gasteiger partial charge on any atom is 0.175 e. The second-order valence-corrected chi connectivity index (χ2v) is 11.0. The van der Waals surface area contributed by atoms with Crippen molar-refractivity contribution in [1.82, 2.24) is 14.9 Å². The second-order valence-electron chi connectivity index (χ2n) is 9.90. The molecule has 3 aliphatic rings. The van der Waals surface area contributed by atoms with Gasteiger partial charge < -0.3 is 15.4 Å². The lowest BCUT2D eigenvalue weighted by Crippen LogP contribution is -2.29. The van der Waals surface area contributed by atoms with E-state index in [1.807, 2.05) is 36.5 Å². The van der Waals surface area contributed by atoms with Gasteiger partial charge in [0.05, 0.1) is 9.88 Å². The van der Waals surface area contributed by atoms with Crippen LogP contribution < -0.4 is 10.5 Å². The molecule has 0 amide bonds. The van der Waals surface area contributed by atoms with E-state index in [0.29, 0.717) is 17.5 Å². The van der Waals surface area contributed by atoms with Gasteiger partial charge in [0, 0.05) is 41.3 Å². The molecule has 3 fully saturated rings. The summed E-state index contributed by atoms with van der Waals surface area (Å²) in [7, 11) is 2.16. The Morgan fingerprint density at radius 2 is 2.06 bits per heavy atom. The molecule has 1 aliphatic heterocycles. The van der Waals surface area contributed by atoms with E-state index in [1.54, 1.807) is 17.5 Å². The van der Waals surface area contributed by atoms with Gasteiger partial charge in [-0.25, -0.2) is 14.4 Å². The summed E-state index contributed by atoms with van der Waals surface area (Å²) in [6.45, 7) is 2.48. The normalized spacial score (nSPS) is 27.0. The zero-order valence-corrected chi connectivity index (χ0v) is 20.7. The number of fused-ring (bicyclic) bond motifs is 1. The minimum atomic E-state index is -1.02. The highest BCUT2D eigenvalue weighted by molar-refractivity contribution is 7.15. The summed E-state index contributed by atoms with van der Waals surface area (Å²) < 4.78 is 19.3. The molecule has 2 atom stereocenters. The minimum absolute atomic E-state index is 0.281. The van der Waals surface area contributed by atoms with E-state index >= 15 is 0 Å². The van der Waals surface area contributed by atoms with E-state index in [2.05, 4.69) is 33.9 Å². The van der Waals surface area contributed by atoms with Crippen LogP contribution in [0.2, 0.25) is 0 Å². The van der Waals surface area contributed by atoms with Crippen LogP contribution in [-0.4, -0.2) is 46.7 Å². The number of thiazole rings is 1. The minimum Gasteiger partial charge on any atom is -0.485 e. The van der Waals surface area contributed by atoms with Gasteiger partial charge in [-0.05, 0) is 61.9 Å². The van der Waals surface area contributed by atoms with Gasteiger partial charge in [0.1, 0.15) is 12.8 Å². The number of rotatable bonds is 6. The number of benzene rings is 1. The third kappa shape index (κ3) is 4.14. The average Bonchev–Trinajstić information content (AvgIpc) is 3.70. The van der Waals surface area contributed by atoms with Crippen LogP contribution in [-0.2, 0) is 6.61 Å². The Hall–Kier alpha value is -3.35. The lowest BCUT2D eigenvalue weighted by molar-refractivity contribution is 0.255. The van der Waals surface area contributed by atoms with Gasteiger partial charge >= 0.3 is 0 Å². The highest BCUT2D eigenvalue weighted by atomic mass is 32.1. The summed E-state index contributed by atoms with van der Waals surface area (Å²) >= 11 is 1.71. The molecule has 36 heavy (non-hydrogen) atoms. The lowest BCUT2D eigenvalue weighted by Gasteiger charge is -2.27. The number of ether oxygens (including phenoxy) is 1. The number of nitroso groups, excluding NO2 is 1. The summed E-state index contributed by atoms with van der Waals surface area (Å²) in [5.74, 6) is 6.58. The monoisotopic (exact) mass is 503 g/mol. The van der Waals surface area contributed by atoms with Crippen LogP contribution in [0.4, 0.5) is 10.2 Å². The highest BCUT2D eigenvalue weighted by Gasteiger charge is 2.87. The van der Waals surface area contributed by atoms with E-state index in [-0.39, 0.29) is 18.4 Å². The number of nitrogen functional groups attached to an aromatic ring is 1. The Morgan fingerprint density at radius 3 is 2.81 bits per heavy atom. The van der Waals surface area contributed by atoms with Gasteiger partial charge in [-0.2, -0.15) is 0 Å². The van der Waals surface area contributed by atoms with E-state index in [9.17, 15) is 9.30 Å². The molecule has 1 saturated heterocycles. The number of piperidine rings is 1. The van der Waals surface area contributed by atoms with Gasteiger partial charge in [0.2, 0.25) is 0 Å². The molecular weight excluding hydrogens is 477 g/mol. The predicted octanol–water partition coefficient (Wildman–Crippen LogP) is 4.63. The van der Waals surface area contributed by atoms with Gasteiger partial charge in [-0.15, -0.1) is 16.2 Å². The number of nitrogens with zero attached hydrogens (tertiary/aromatic N) is 4. The Kier molecular flexibility index (Phi) is 5.73. The van der Waals surface area contributed by atoms with Gasteiger partial charge in [0.25, 0.3) is 0 Å². The van der Waals surface area contributed by atoms with Crippen molar-refractivity contribution in [2.45, 2.75) is 37.1 Å². The SMILES string of the molecule is CN1CCC(c2ncc(-c3cnc(N)c(OCc4cccc(C#CC5(N=O)C6C(F)C65)c4)c3)s2)CC1. The molecule has 184 valence electrons. The van der Waals surface area contributed by atoms with E-state index in [4.69, 9.17) is 15.5 Å². The molecule has 0 spiro atoms. The molecule has 9 heteroatoms. The first kappa shape index (κ1) is 23.1. The first-order valence-electron chi connectivity index (χ1n) is 12.1. The fourth-order valence-corrected chi connectivity index (χ4v) is 6.09. The number of alkyl halides is 1. The number of aromatic nitrogens is 2. The molecule has 2 aliphatic carbocycles. The molecule has 2 N–H and O–H groups in total. The van der Waals surface area contributed by atoms with Crippen molar-refractivity contribution >= 4 is 17.2 Å². The number of nitrogens with two attached hydrogens (primary N) is 1. The van der Waals surface area contributed by atoms with Crippen molar-refractivity contribution in [3.05, 3.63) is 63.8 Å². The average molecular weight is 504 g/mol. The molecule has 1 aromatic carbocycles. The number of anilines is 1. The number of likely N-dealkylation sites (tertiary alicyclic amines) is 1. The Labute approximate surface area is 212 Å². The molecule has 7 nitrogen and oxygen atoms in total. The Morgan fingerprint density at radius 1 is 1.25 bits per heavy atom.